The molecule has 2 aromatic carbocycles. The van der Waals surface area contributed by atoms with E-state index in [2.05, 4.69) is 22.9 Å². The average molecular weight is 368 g/mol. The summed E-state index contributed by atoms with van der Waals surface area (Å²) < 4.78 is 0. The van der Waals surface area contributed by atoms with Gasteiger partial charge in [0.1, 0.15) is 0 Å². The number of nitrogens with two attached hydrogens (primary N) is 1. The van der Waals surface area contributed by atoms with Crippen LogP contribution in [0.5, 0.6) is 0 Å². The van der Waals surface area contributed by atoms with Gasteiger partial charge in [-0.1, -0.05) is 19.4 Å². The number of rotatable bonds is 9. The average Bonchev–Trinajstić information content (AvgIpc) is 2.67. The van der Waals surface area contributed by atoms with Crippen LogP contribution in [0.25, 0.3) is 0 Å². The summed E-state index contributed by atoms with van der Waals surface area (Å²) in [5.41, 5.74) is 7.37. The van der Waals surface area contributed by atoms with E-state index in [1.807, 2.05) is 0 Å². The fourth-order valence-electron chi connectivity index (χ4n) is 2.36. The van der Waals surface area contributed by atoms with Crippen molar-refractivity contribution in [2.45, 2.75) is 19.8 Å². The lowest BCUT2D eigenvalue weighted by atomic mass is 10.2. The van der Waals surface area contributed by atoms with Gasteiger partial charge in [-0.05, 0) is 48.9 Å². The zero-order valence-corrected chi connectivity index (χ0v) is 15.2. The lowest BCUT2D eigenvalue weighted by Gasteiger charge is -2.09. The topological polar surface area (TPSA) is 113 Å². The van der Waals surface area contributed by atoms with Crippen LogP contribution in [-0.4, -0.2) is 30.8 Å². The van der Waals surface area contributed by atoms with E-state index in [9.17, 15) is 14.4 Å². The molecule has 0 spiro atoms. The number of primary amides is 1. The molecule has 0 saturated heterocycles. The number of carbonyl (C=O) groups excluding carboxylic acids is 3. The molecule has 0 saturated carbocycles. The second-order valence-electron chi connectivity index (χ2n) is 6.03. The van der Waals surface area contributed by atoms with E-state index >= 15 is 0 Å². The molecule has 0 radical (unpaired) electrons. The zero-order chi connectivity index (χ0) is 19.6. The Morgan fingerprint density at radius 3 is 2.37 bits per heavy atom. The van der Waals surface area contributed by atoms with E-state index in [0.29, 0.717) is 29.0 Å². The third-order valence-corrected chi connectivity index (χ3v) is 3.85. The molecule has 2 rings (SSSR count). The fourth-order valence-corrected chi connectivity index (χ4v) is 2.36. The number of benzene rings is 2. The van der Waals surface area contributed by atoms with E-state index in [0.717, 1.165) is 12.8 Å². The number of nitrogens with one attached hydrogen (secondary N) is 3. The molecule has 0 atom stereocenters. The molecule has 0 aliphatic rings. The highest BCUT2D eigenvalue weighted by Gasteiger charge is 2.07. The van der Waals surface area contributed by atoms with Crippen molar-refractivity contribution < 1.29 is 14.4 Å². The fraction of sp³-hybridized carbons (Fsp3) is 0.250. The first-order valence-corrected chi connectivity index (χ1v) is 8.81. The van der Waals surface area contributed by atoms with Crippen LogP contribution < -0.4 is 21.7 Å². The van der Waals surface area contributed by atoms with Gasteiger partial charge in [0.25, 0.3) is 5.91 Å². The Labute approximate surface area is 158 Å². The number of carbonyl (C=O) groups is 3. The summed E-state index contributed by atoms with van der Waals surface area (Å²) >= 11 is 0. The van der Waals surface area contributed by atoms with Crippen LogP contribution in [0.15, 0.2) is 48.5 Å². The zero-order valence-electron chi connectivity index (χ0n) is 15.2. The Morgan fingerprint density at radius 2 is 1.70 bits per heavy atom. The lowest BCUT2D eigenvalue weighted by molar-refractivity contribution is -0.114. The number of hydrogen-bond donors (Lipinski definition) is 4. The maximum absolute atomic E-state index is 12.1. The van der Waals surface area contributed by atoms with E-state index in [1.54, 1.807) is 48.5 Å². The van der Waals surface area contributed by atoms with E-state index < -0.39 is 5.91 Å². The van der Waals surface area contributed by atoms with Gasteiger partial charge in [0.2, 0.25) is 11.8 Å². The first-order valence-electron chi connectivity index (χ1n) is 8.81. The van der Waals surface area contributed by atoms with Crippen molar-refractivity contribution >= 4 is 29.1 Å². The van der Waals surface area contributed by atoms with Gasteiger partial charge >= 0.3 is 0 Å². The highest BCUT2D eigenvalue weighted by atomic mass is 16.2. The minimum Gasteiger partial charge on any atom is -0.376 e. The minimum atomic E-state index is -0.526. The minimum absolute atomic E-state index is 0.0292. The second-order valence-corrected chi connectivity index (χ2v) is 6.03. The molecule has 0 bridgehead atoms. The smallest absolute Gasteiger partial charge is 0.251 e. The molecule has 3 amide bonds. The van der Waals surface area contributed by atoms with Gasteiger partial charge in [-0.15, -0.1) is 0 Å². The van der Waals surface area contributed by atoms with Crippen molar-refractivity contribution in [2.24, 2.45) is 5.73 Å². The van der Waals surface area contributed by atoms with Crippen LogP contribution in [0.2, 0.25) is 0 Å². The molecule has 0 aliphatic heterocycles. The Bertz CT molecular complexity index is 803. The molecular formula is C20H24N4O3. The Kier molecular flexibility index (Phi) is 7.37. The maximum Gasteiger partial charge on any atom is 0.251 e. The van der Waals surface area contributed by atoms with Crippen molar-refractivity contribution in [1.82, 2.24) is 5.32 Å². The van der Waals surface area contributed by atoms with Crippen molar-refractivity contribution in [3.63, 3.8) is 0 Å². The van der Waals surface area contributed by atoms with Gasteiger partial charge in [0.15, 0.2) is 0 Å². The summed E-state index contributed by atoms with van der Waals surface area (Å²) in [6.07, 6.45) is 1.96. The van der Waals surface area contributed by atoms with Crippen LogP contribution in [0.1, 0.15) is 40.5 Å². The molecule has 27 heavy (non-hydrogen) atoms. The summed E-state index contributed by atoms with van der Waals surface area (Å²) in [5, 5.41) is 8.52. The van der Waals surface area contributed by atoms with Crippen molar-refractivity contribution in [3.05, 3.63) is 59.7 Å². The predicted molar refractivity (Wildman–Crippen MR) is 106 cm³/mol. The van der Waals surface area contributed by atoms with Crippen LogP contribution in [0.4, 0.5) is 11.4 Å². The molecule has 142 valence electrons. The van der Waals surface area contributed by atoms with Gasteiger partial charge in [0.05, 0.1) is 6.54 Å². The van der Waals surface area contributed by atoms with Crippen LogP contribution in [0, 0.1) is 0 Å². The van der Waals surface area contributed by atoms with E-state index in [1.165, 1.54) is 0 Å². The normalized spacial score (nSPS) is 10.1. The molecule has 0 heterocycles. The van der Waals surface area contributed by atoms with Crippen LogP contribution >= 0.6 is 0 Å². The molecule has 0 fully saturated rings. The Balaban J connectivity index is 1.84. The second kappa shape index (κ2) is 9.96. The summed E-state index contributed by atoms with van der Waals surface area (Å²) in [4.78, 5) is 35.2. The van der Waals surface area contributed by atoms with Gasteiger partial charge in [-0.3, -0.25) is 14.4 Å². The Hall–Kier alpha value is -3.35. The largest absolute Gasteiger partial charge is 0.376 e. The molecule has 2 aromatic rings. The van der Waals surface area contributed by atoms with Gasteiger partial charge in [0, 0.05) is 29.0 Å². The number of unbranched alkanes of at least 4 members (excludes halogenated alkanes) is 1. The molecule has 0 aromatic heterocycles. The number of amides is 3. The first kappa shape index (κ1) is 20.0. The number of anilines is 2. The van der Waals surface area contributed by atoms with Gasteiger partial charge in [-0.2, -0.15) is 0 Å². The van der Waals surface area contributed by atoms with Gasteiger partial charge in [-0.25, -0.2) is 0 Å². The summed E-state index contributed by atoms with van der Waals surface area (Å²) in [7, 11) is 0. The SMILES string of the molecule is CCCCNC(=O)c1ccc(NC(=O)CNc2cccc(C(N)=O)c2)cc1. The summed E-state index contributed by atoms with van der Waals surface area (Å²) in [5.74, 6) is -0.904. The summed E-state index contributed by atoms with van der Waals surface area (Å²) in [6.45, 7) is 2.74. The van der Waals surface area contributed by atoms with Crippen molar-refractivity contribution in [3.8, 4) is 0 Å². The molecular weight excluding hydrogens is 344 g/mol. The lowest BCUT2D eigenvalue weighted by Crippen LogP contribution is -2.24. The van der Waals surface area contributed by atoms with Gasteiger partial charge < -0.3 is 21.7 Å². The monoisotopic (exact) mass is 368 g/mol. The molecule has 7 heteroatoms. The van der Waals surface area contributed by atoms with Crippen LogP contribution in [-0.2, 0) is 4.79 Å². The molecule has 0 aliphatic carbocycles. The molecule has 5 N–H and O–H groups in total. The predicted octanol–water partition coefficient (Wildman–Crippen LogP) is 2.37. The van der Waals surface area contributed by atoms with E-state index in [4.69, 9.17) is 5.73 Å². The van der Waals surface area contributed by atoms with Crippen molar-refractivity contribution in [2.75, 3.05) is 23.7 Å². The van der Waals surface area contributed by atoms with Crippen molar-refractivity contribution in [1.29, 1.82) is 0 Å². The first-order chi connectivity index (χ1) is 13.0. The quantitative estimate of drug-likeness (QED) is 0.509. The molecule has 0 unspecified atom stereocenters. The number of hydrogen-bond acceptors (Lipinski definition) is 4. The standard InChI is InChI=1S/C20H24N4O3/c1-2-3-11-22-20(27)14-7-9-16(10-8-14)24-18(25)13-23-17-6-4-5-15(12-17)19(21)26/h4-10,12,23H,2-3,11,13H2,1H3,(H2,21,26)(H,22,27)(H,24,25). The Morgan fingerprint density at radius 1 is 0.963 bits per heavy atom. The third-order valence-electron chi connectivity index (χ3n) is 3.85. The van der Waals surface area contributed by atoms with Crippen LogP contribution in [0.3, 0.4) is 0 Å². The maximum atomic E-state index is 12.1. The highest BCUT2D eigenvalue weighted by molar-refractivity contribution is 5.97. The highest BCUT2D eigenvalue weighted by Crippen LogP contribution is 2.11. The van der Waals surface area contributed by atoms with E-state index in [-0.39, 0.29) is 18.4 Å². The third kappa shape index (κ3) is 6.47. The summed E-state index contributed by atoms with van der Waals surface area (Å²) in [6, 6.07) is 13.3. The molecule has 7 nitrogen and oxygen atoms in total.